The van der Waals surface area contributed by atoms with E-state index >= 15 is 0 Å². The van der Waals surface area contributed by atoms with Crippen LogP contribution in [0.5, 0.6) is 0 Å². The molecule has 2 amide bonds. The highest BCUT2D eigenvalue weighted by molar-refractivity contribution is 6.05. The molecule has 0 saturated carbocycles. The normalized spacial score (nSPS) is 18.2. The lowest BCUT2D eigenvalue weighted by atomic mass is 9.89. The third-order valence-electron chi connectivity index (χ3n) is 6.00. The van der Waals surface area contributed by atoms with Crippen molar-refractivity contribution in [2.75, 3.05) is 19.6 Å². The molecule has 0 aliphatic carbocycles. The van der Waals surface area contributed by atoms with Gasteiger partial charge in [0.25, 0.3) is 11.8 Å². The van der Waals surface area contributed by atoms with Gasteiger partial charge in [0.05, 0.1) is 22.8 Å². The van der Waals surface area contributed by atoms with Crippen LogP contribution in [0.2, 0.25) is 0 Å². The van der Waals surface area contributed by atoms with E-state index in [-0.39, 0.29) is 17.2 Å². The van der Waals surface area contributed by atoms with Gasteiger partial charge in [-0.15, -0.1) is 0 Å². The van der Waals surface area contributed by atoms with E-state index in [1.54, 1.807) is 24.5 Å². The van der Waals surface area contributed by atoms with E-state index in [1.807, 2.05) is 35.2 Å². The molecule has 0 bridgehead atoms. The van der Waals surface area contributed by atoms with Crippen molar-refractivity contribution >= 4 is 22.8 Å². The molecular weight excluding hydrogens is 406 g/mol. The molecule has 1 saturated heterocycles. The molecule has 3 aromatic heterocycles. The molecule has 0 radical (unpaired) electrons. The SMILES string of the molecule is CC1(CNC(=O)c2ccnc3[nH]ncc23)CCN(C(=O)c2cc(-c3ccccc3)n[nH]2)C1. The maximum atomic E-state index is 13.0. The minimum atomic E-state index is -0.212. The molecule has 162 valence electrons. The summed E-state index contributed by atoms with van der Waals surface area (Å²) >= 11 is 0. The summed E-state index contributed by atoms with van der Waals surface area (Å²) in [6, 6.07) is 13.2. The van der Waals surface area contributed by atoms with E-state index in [1.165, 1.54) is 0 Å². The van der Waals surface area contributed by atoms with Gasteiger partial charge in [0, 0.05) is 36.8 Å². The number of H-pyrrole nitrogens is 2. The molecule has 1 atom stereocenters. The Bertz CT molecular complexity index is 1280. The maximum Gasteiger partial charge on any atom is 0.271 e. The van der Waals surface area contributed by atoms with Gasteiger partial charge in [-0.3, -0.25) is 19.8 Å². The van der Waals surface area contributed by atoms with Crippen LogP contribution in [-0.4, -0.2) is 61.7 Å². The average Bonchev–Trinajstić information content (AvgIpc) is 3.57. The van der Waals surface area contributed by atoms with Crippen LogP contribution in [-0.2, 0) is 0 Å². The molecule has 1 aliphatic rings. The summed E-state index contributed by atoms with van der Waals surface area (Å²) in [5.41, 5.74) is 3.07. The van der Waals surface area contributed by atoms with E-state index < -0.39 is 0 Å². The topological polar surface area (TPSA) is 120 Å². The molecule has 4 heterocycles. The summed E-state index contributed by atoms with van der Waals surface area (Å²) in [4.78, 5) is 31.7. The summed E-state index contributed by atoms with van der Waals surface area (Å²) in [6.07, 6.45) is 3.99. The zero-order valence-electron chi connectivity index (χ0n) is 17.6. The first-order valence-corrected chi connectivity index (χ1v) is 10.5. The minimum Gasteiger partial charge on any atom is -0.351 e. The molecule has 32 heavy (non-hydrogen) atoms. The molecule has 5 rings (SSSR count). The number of likely N-dealkylation sites (tertiary alicyclic amines) is 1. The first-order valence-electron chi connectivity index (χ1n) is 10.5. The number of hydrogen-bond acceptors (Lipinski definition) is 5. The number of nitrogens with zero attached hydrogens (tertiary/aromatic N) is 4. The largest absolute Gasteiger partial charge is 0.351 e. The van der Waals surface area contributed by atoms with Crippen LogP contribution < -0.4 is 5.32 Å². The van der Waals surface area contributed by atoms with E-state index in [0.717, 1.165) is 17.7 Å². The van der Waals surface area contributed by atoms with Crippen molar-refractivity contribution in [1.82, 2.24) is 35.6 Å². The summed E-state index contributed by atoms with van der Waals surface area (Å²) in [5.74, 6) is -0.255. The monoisotopic (exact) mass is 429 g/mol. The third kappa shape index (κ3) is 3.73. The van der Waals surface area contributed by atoms with Crippen LogP contribution in [0.25, 0.3) is 22.3 Å². The number of amides is 2. The number of hydrogen-bond donors (Lipinski definition) is 3. The number of fused-ring (bicyclic) bond motifs is 1. The van der Waals surface area contributed by atoms with Gasteiger partial charge in [-0.2, -0.15) is 10.2 Å². The molecule has 1 fully saturated rings. The smallest absolute Gasteiger partial charge is 0.271 e. The number of pyridine rings is 1. The third-order valence-corrected chi connectivity index (χ3v) is 6.00. The molecule has 9 nitrogen and oxygen atoms in total. The van der Waals surface area contributed by atoms with Gasteiger partial charge in [-0.1, -0.05) is 37.3 Å². The first-order chi connectivity index (χ1) is 15.5. The second kappa shape index (κ2) is 7.92. The van der Waals surface area contributed by atoms with Crippen molar-refractivity contribution in [3.05, 3.63) is 66.1 Å². The van der Waals surface area contributed by atoms with E-state index in [9.17, 15) is 9.59 Å². The van der Waals surface area contributed by atoms with Gasteiger partial charge < -0.3 is 10.2 Å². The molecule has 1 aliphatic heterocycles. The minimum absolute atomic E-state index is 0.0797. The fraction of sp³-hybridized carbons (Fsp3) is 0.261. The van der Waals surface area contributed by atoms with Crippen molar-refractivity contribution in [2.45, 2.75) is 13.3 Å². The van der Waals surface area contributed by atoms with Crippen LogP contribution in [0.15, 0.2) is 54.9 Å². The predicted molar refractivity (Wildman–Crippen MR) is 119 cm³/mol. The van der Waals surface area contributed by atoms with Crippen LogP contribution in [0.1, 0.15) is 34.2 Å². The number of aromatic amines is 2. The van der Waals surface area contributed by atoms with Crippen LogP contribution >= 0.6 is 0 Å². The summed E-state index contributed by atoms with van der Waals surface area (Å²) < 4.78 is 0. The van der Waals surface area contributed by atoms with Gasteiger partial charge in [0.2, 0.25) is 0 Å². The highest BCUT2D eigenvalue weighted by atomic mass is 16.2. The number of rotatable bonds is 5. The predicted octanol–water partition coefficient (Wildman–Crippen LogP) is 2.63. The van der Waals surface area contributed by atoms with Crippen molar-refractivity contribution in [3.63, 3.8) is 0 Å². The van der Waals surface area contributed by atoms with Crippen molar-refractivity contribution in [2.24, 2.45) is 5.41 Å². The number of carbonyl (C=O) groups is 2. The van der Waals surface area contributed by atoms with Gasteiger partial charge in [0.1, 0.15) is 5.69 Å². The molecule has 4 aromatic rings. The number of carbonyl (C=O) groups excluding carboxylic acids is 2. The average molecular weight is 429 g/mol. The molecule has 3 N–H and O–H groups in total. The molecule has 1 aromatic carbocycles. The molecule has 1 unspecified atom stereocenters. The quantitative estimate of drug-likeness (QED) is 0.451. The molecule has 9 heteroatoms. The number of benzene rings is 1. The van der Waals surface area contributed by atoms with Crippen LogP contribution in [0, 0.1) is 5.41 Å². The lowest BCUT2D eigenvalue weighted by Gasteiger charge is -2.25. The van der Waals surface area contributed by atoms with Gasteiger partial charge in [0.15, 0.2) is 5.65 Å². The Morgan fingerprint density at radius 1 is 1.19 bits per heavy atom. The maximum absolute atomic E-state index is 13.0. The highest BCUT2D eigenvalue weighted by Gasteiger charge is 2.37. The van der Waals surface area contributed by atoms with Gasteiger partial charge >= 0.3 is 0 Å². The summed E-state index contributed by atoms with van der Waals surface area (Å²) in [7, 11) is 0. The lowest BCUT2D eigenvalue weighted by Crippen LogP contribution is -2.39. The Hall–Kier alpha value is -4.01. The number of nitrogens with one attached hydrogen (secondary N) is 3. The summed E-state index contributed by atoms with van der Waals surface area (Å²) in [5, 5.41) is 17.6. The summed E-state index contributed by atoms with van der Waals surface area (Å²) in [6.45, 7) is 3.74. The zero-order valence-corrected chi connectivity index (χ0v) is 17.6. The Kier molecular flexibility index (Phi) is 4.93. The fourth-order valence-electron chi connectivity index (χ4n) is 4.14. The van der Waals surface area contributed by atoms with Gasteiger partial charge in [-0.25, -0.2) is 4.98 Å². The van der Waals surface area contributed by atoms with E-state index in [0.29, 0.717) is 41.9 Å². The second-order valence-electron chi connectivity index (χ2n) is 8.49. The van der Waals surface area contributed by atoms with Crippen molar-refractivity contribution < 1.29 is 9.59 Å². The van der Waals surface area contributed by atoms with E-state index in [2.05, 4.69) is 37.6 Å². The van der Waals surface area contributed by atoms with Crippen molar-refractivity contribution in [1.29, 1.82) is 0 Å². The standard InChI is InChI=1S/C23H23N7O2/c1-23(13-25-21(31)16-7-9-24-20-17(16)12-26-29-20)8-10-30(14-23)22(32)19-11-18(27-28-19)15-5-3-2-4-6-15/h2-7,9,11-12H,8,10,13-14H2,1H3,(H,25,31)(H,27,28)(H,24,26,29). The Morgan fingerprint density at radius 2 is 2.03 bits per heavy atom. The first kappa shape index (κ1) is 19.9. The number of aromatic nitrogens is 5. The second-order valence-corrected chi connectivity index (χ2v) is 8.49. The van der Waals surface area contributed by atoms with Crippen LogP contribution in [0.3, 0.4) is 0 Å². The Labute approximate surface area is 184 Å². The molecule has 0 spiro atoms. The van der Waals surface area contributed by atoms with Gasteiger partial charge in [-0.05, 0) is 18.6 Å². The Balaban J connectivity index is 1.23. The zero-order chi connectivity index (χ0) is 22.1. The van der Waals surface area contributed by atoms with Crippen molar-refractivity contribution in [3.8, 4) is 11.3 Å². The highest BCUT2D eigenvalue weighted by Crippen LogP contribution is 2.30. The van der Waals surface area contributed by atoms with Crippen LogP contribution in [0.4, 0.5) is 0 Å². The molecular formula is C23H23N7O2. The lowest BCUT2D eigenvalue weighted by molar-refractivity contribution is 0.0768. The van der Waals surface area contributed by atoms with E-state index in [4.69, 9.17) is 0 Å². The Morgan fingerprint density at radius 3 is 2.88 bits per heavy atom. The fourth-order valence-corrected chi connectivity index (χ4v) is 4.14.